The fourth-order valence-corrected chi connectivity index (χ4v) is 4.05. The minimum absolute atomic E-state index is 0.282. The molecule has 0 aliphatic carbocycles. The first-order chi connectivity index (χ1) is 10.9. The highest BCUT2D eigenvalue weighted by atomic mass is 127. The predicted molar refractivity (Wildman–Crippen MR) is 104 cm³/mol. The van der Waals surface area contributed by atoms with Crippen LogP contribution in [0.2, 0.25) is 0 Å². The molecule has 3 N–H and O–H groups in total. The van der Waals surface area contributed by atoms with E-state index in [1.807, 2.05) is 36.4 Å². The molecule has 0 aromatic heterocycles. The molecule has 2 aromatic carbocycles. The van der Waals surface area contributed by atoms with Crippen LogP contribution in [0.3, 0.4) is 0 Å². The summed E-state index contributed by atoms with van der Waals surface area (Å²) in [6, 6.07) is 10.2. The number of nitrogens with two attached hydrogens (primary N) is 1. The van der Waals surface area contributed by atoms with Crippen molar-refractivity contribution in [3.63, 3.8) is 0 Å². The average Bonchev–Trinajstić information content (AvgIpc) is 2.51. The van der Waals surface area contributed by atoms with E-state index in [0.29, 0.717) is 5.75 Å². The number of halogens is 2. The maximum Gasteiger partial charge on any atom is 0.320 e. The summed E-state index contributed by atoms with van der Waals surface area (Å²) in [6.45, 7) is 0. The molecule has 0 heterocycles. The zero-order valence-corrected chi connectivity index (χ0v) is 16.6. The van der Waals surface area contributed by atoms with Crippen LogP contribution in [-0.2, 0) is 11.2 Å². The quantitative estimate of drug-likeness (QED) is 0.549. The molecule has 0 unspecified atom stereocenters. The number of aliphatic carboxylic acids is 1. The Bertz CT molecular complexity index is 681. The van der Waals surface area contributed by atoms with Gasteiger partial charge in [0.2, 0.25) is 0 Å². The first-order valence-electron chi connectivity index (χ1n) is 6.69. The monoisotopic (exact) mass is 539 g/mol. The minimum Gasteiger partial charge on any atom is -0.497 e. The van der Waals surface area contributed by atoms with Crippen molar-refractivity contribution < 1.29 is 19.4 Å². The lowest BCUT2D eigenvalue weighted by molar-refractivity contribution is -0.138. The van der Waals surface area contributed by atoms with Crippen LogP contribution in [0.4, 0.5) is 0 Å². The van der Waals surface area contributed by atoms with Crippen LogP contribution in [0.1, 0.15) is 5.56 Å². The summed E-state index contributed by atoms with van der Waals surface area (Å²) in [7, 11) is 1.61. The Kier molecular flexibility index (Phi) is 6.48. The number of carboxylic acid groups (broad SMARTS) is 1. The third-order valence-electron chi connectivity index (χ3n) is 3.11. The van der Waals surface area contributed by atoms with Crippen LogP contribution in [0.5, 0.6) is 17.2 Å². The predicted octanol–water partition coefficient (Wildman–Crippen LogP) is 3.65. The molecule has 0 aliphatic heterocycles. The van der Waals surface area contributed by atoms with E-state index in [4.69, 9.17) is 20.3 Å². The molecule has 2 aromatic rings. The van der Waals surface area contributed by atoms with Crippen molar-refractivity contribution in [2.24, 2.45) is 5.73 Å². The number of carbonyl (C=O) groups is 1. The number of carboxylic acids is 1. The van der Waals surface area contributed by atoms with Gasteiger partial charge < -0.3 is 20.3 Å². The van der Waals surface area contributed by atoms with Crippen molar-refractivity contribution in [2.45, 2.75) is 12.5 Å². The van der Waals surface area contributed by atoms with Crippen molar-refractivity contribution in [3.05, 3.63) is 49.1 Å². The van der Waals surface area contributed by atoms with Gasteiger partial charge in [-0.05, 0) is 93.6 Å². The molecule has 0 saturated carbocycles. The molecule has 5 nitrogen and oxygen atoms in total. The molecule has 0 aliphatic rings. The molecule has 0 amide bonds. The normalized spacial score (nSPS) is 11.8. The zero-order chi connectivity index (χ0) is 17.0. The highest BCUT2D eigenvalue weighted by Gasteiger charge is 2.15. The first kappa shape index (κ1) is 18.3. The van der Waals surface area contributed by atoms with Gasteiger partial charge in [-0.1, -0.05) is 0 Å². The summed E-state index contributed by atoms with van der Waals surface area (Å²) < 4.78 is 12.9. The van der Waals surface area contributed by atoms with Gasteiger partial charge in [-0.3, -0.25) is 4.79 Å². The smallest absolute Gasteiger partial charge is 0.320 e. The summed E-state index contributed by atoms with van der Waals surface area (Å²) in [5.74, 6) is 1.20. The Morgan fingerprint density at radius 2 is 1.70 bits per heavy atom. The fraction of sp³-hybridized carbons (Fsp3) is 0.188. The zero-order valence-electron chi connectivity index (χ0n) is 12.3. The van der Waals surface area contributed by atoms with E-state index >= 15 is 0 Å². The van der Waals surface area contributed by atoms with E-state index in [0.717, 1.165) is 24.2 Å². The topological polar surface area (TPSA) is 81.8 Å². The third kappa shape index (κ3) is 4.95. The molecular formula is C16H15I2NO4. The Morgan fingerprint density at radius 3 is 2.17 bits per heavy atom. The van der Waals surface area contributed by atoms with E-state index in [1.165, 1.54) is 0 Å². The summed E-state index contributed by atoms with van der Waals surface area (Å²) in [5, 5.41) is 8.91. The first-order valence-corrected chi connectivity index (χ1v) is 8.84. The van der Waals surface area contributed by atoms with Crippen LogP contribution in [-0.4, -0.2) is 24.2 Å². The van der Waals surface area contributed by atoms with Gasteiger partial charge in [0.25, 0.3) is 0 Å². The van der Waals surface area contributed by atoms with Crippen molar-refractivity contribution >= 4 is 51.2 Å². The van der Waals surface area contributed by atoms with Crippen molar-refractivity contribution in [2.75, 3.05) is 7.11 Å². The Labute approximate surface area is 161 Å². The summed E-state index contributed by atoms with van der Waals surface area (Å²) in [6.07, 6.45) is 0.282. The lowest BCUT2D eigenvalue weighted by Crippen LogP contribution is -2.32. The molecule has 0 radical (unpaired) electrons. The molecule has 0 bridgehead atoms. The lowest BCUT2D eigenvalue weighted by Gasteiger charge is -2.13. The lowest BCUT2D eigenvalue weighted by atomic mass is 10.1. The fourth-order valence-electron chi connectivity index (χ4n) is 1.93. The number of benzene rings is 2. The van der Waals surface area contributed by atoms with Crippen LogP contribution < -0.4 is 15.2 Å². The molecule has 2 rings (SSSR count). The van der Waals surface area contributed by atoms with Crippen LogP contribution in [0, 0.1) is 7.14 Å². The molecule has 1 atom stereocenters. The SMILES string of the molecule is COc1ccc(Oc2c(I)cc(C[C@@H](N)C(=O)O)cc2I)cc1. The molecule has 0 saturated heterocycles. The highest BCUT2D eigenvalue weighted by molar-refractivity contribution is 14.1. The summed E-state index contributed by atoms with van der Waals surface area (Å²) >= 11 is 4.35. The van der Waals surface area contributed by atoms with Gasteiger partial charge in [-0.15, -0.1) is 0 Å². The molecular weight excluding hydrogens is 524 g/mol. The standard InChI is InChI=1S/C16H15I2NO4/c1-22-10-2-4-11(5-3-10)23-15-12(17)6-9(7-13(15)18)8-14(19)16(20)21/h2-7,14H,8,19H2,1H3,(H,20,21)/t14-/m1/s1. The van der Waals surface area contributed by atoms with E-state index < -0.39 is 12.0 Å². The van der Waals surface area contributed by atoms with Gasteiger partial charge in [0.15, 0.2) is 5.75 Å². The van der Waals surface area contributed by atoms with E-state index in [9.17, 15) is 4.79 Å². The second-order valence-electron chi connectivity index (χ2n) is 4.82. The second-order valence-corrected chi connectivity index (χ2v) is 7.14. The summed E-state index contributed by atoms with van der Waals surface area (Å²) in [4.78, 5) is 10.9. The van der Waals surface area contributed by atoms with Gasteiger partial charge in [-0.2, -0.15) is 0 Å². The van der Waals surface area contributed by atoms with Crippen LogP contribution >= 0.6 is 45.2 Å². The Morgan fingerprint density at radius 1 is 1.17 bits per heavy atom. The van der Waals surface area contributed by atoms with E-state index in [1.54, 1.807) is 7.11 Å². The Balaban J connectivity index is 2.20. The number of rotatable bonds is 6. The van der Waals surface area contributed by atoms with Crippen molar-refractivity contribution in [1.29, 1.82) is 0 Å². The second kappa shape index (κ2) is 8.15. The van der Waals surface area contributed by atoms with Gasteiger partial charge >= 0.3 is 5.97 Å². The largest absolute Gasteiger partial charge is 0.497 e. The minimum atomic E-state index is -1.01. The molecule has 23 heavy (non-hydrogen) atoms. The van der Waals surface area contributed by atoms with Gasteiger partial charge in [0.1, 0.15) is 17.5 Å². The molecule has 0 spiro atoms. The summed E-state index contributed by atoms with van der Waals surface area (Å²) in [5.41, 5.74) is 6.46. The molecule has 7 heteroatoms. The number of hydrogen-bond donors (Lipinski definition) is 2. The average molecular weight is 539 g/mol. The number of methoxy groups -OCH3 is 1. The van der Waals surface area contributed by atoms with Gasteiger partial charge in [-0.25, -0.2) is 0 Å². The third-order valence-corrected chi connectivity index (χ3v) is 4.71. The maximum atomic E-state index is 10.9. The molecule has 122 valence electrons. The van der Waals surface area contributed by atoms with Crippen LogP contribution in [0.25, 0.3) is 0 Å². The van der Waals surface area contributed by atoms with Crippen molar-refractivity contribution in [1.82, 2.24) is 0 Å². The Hall–Kier alpha value is -1.07. The van der Waals surface area contributed by atoms with E-state index in [2.05, 4.69) is 45.2 Å². The van der Waals surface area contributed by atoms with Gasteiger partial charge in [0, 0.05) is 0 Å². The van der Waals surface area contributed by atoms with Gasteiger partial charge in [0.05, 0.1) is 14.3 Å². The number of ether oxygens (including phenoxy) is 2. The maximum absolute atomic E-state index is 10.9. The van der Waals surface area contributed by atoms with Crippen LogP contribution in [0.15, 0.2) is 36.4 Å². The highest BCUT2D eigenvalue weighted by Crippen LogP contribution is 2.33. The number of hydrogen-bond acceptors (Lipinski definition) is 4. The molecule has 0 fully saturated rings. The van der Waals surface area contributed by atoms with E-state index in [-0.39, 0.29) is 6.42 Å². The van der Waals surface area contributed by atoms with Crippen molar-refractivity contribution in [3.8, 4) is 17.2 Å².